The number of aryl methyl sites for hydroxylation is 2. The van der Waals surface area contributed by atoms with Crippen LogP contribution in [0.1, 0.15) is 40.3 Å². The van der Waals surface area contributed by atoms with Crippen molar-refractivity contribution in [2.75, 3.05) is 0 Å². The molecule has 7 nitrogen and oxygen atoms in total. The molecular weight excluding hydrogens is 570 g/mol. The summed E-state index contributed by atoms with van der Waals surface area (Å²) in [6, 6.07) is 40.0. The number of nitro groups is 1. The van der Waals surface area contributed by atoms with E-state index >= 15 is 0 Å². The number of nitro benzene ring substituents is 1. The number of nitrogens with zero attached hydrogens (tertiary/aromatic N) is 2. The van der Waals surface area contributed by atoms with Gasteiger partial charge in [-0.1, -0.05) is 122 Å². The van der Waals surface area contributed by atoms with E-state index < -0.39 is 20.4 Å². The average Bonchev–Trinajstić information content (AvgIpc) is 3.05. The maximum absolute atomic E-state index is 14.0. The Labute approximate surface area is 258 Å². The lowest BCUT2D eigenvalue weighted by Gasteiger charge is -2.37. The number of benzene rings is 5. The second-order valence-electron chi connectivity index (χ2n) is 10.5. The van der Waals surface area contributed by atoms with Crippen molar-refractivity contribution in [3.63, 3.8) is 0 Å². The van der Waals surface area contributed by atoms with E-state index in [4.69, 9.17) is 0 Å². The molecular formula is C36H33N3O4S. The third kappa shape index (κ3) is 6.31. The Morgan fingerprint density at radius 3 is 1.80 bits per heavy atom. The van der Waals surface area contributed by atoms with Crippen LogP contribution in [0.25, 0.3) is 0 Å². The highest BCUT2D eigenvalue weighted by Crippen LogP contribution is 2.41. The number of rotatable bonds is 10. The summed E-state index contributed by atoms with van der Waals surface area (Å²) in [5, 5.41) is 15.0. The third-order valence-corrected chi connectivity index (χ3v) is 8.99. The van der Waals surface area contributed by atoms with Gasteiger partial charge in [0, 0.05) is 18.7 Å². The first-order valence-corrected chi connectivity index (χ1v) is 15.8. The van der Waals surface area contributed by atoms with E-state index in [0.717, 1.165) is 34.2 Å². The summed E-state index contributed by atoms with van der Waals surface area (Å²) in [5.74, 6) is 0.172. The van der Waals surface area contributed by atoms with Gasteiger partial charge in [0.25, 0.3) is 15.7 Å². The molecule has 44 heavy (non-hydrogen) atoms. The maximum atomic E-state index is 14.0. The van der Waals surface area contributed by atoms with Crippen LogP contribution < -0.4 is 5.32 Å². The molecule has 222 valence electrons. The smallest absolute Gasteiger partial charge is 0.283 e. The molecule has 0 amide bonds. The second kappa shape index (κ2) is 13.1. The van der Waals surface area contributed by atoms with Crippen LogP contribution >= 0.6 is 0 Å². The van der Waals surface area contributed by atoms with E-state index in [1.165, 1.54) is 12.1 Å². The Morgan fingerprint density at radius 2 is 1.25 bits per heavy atom. The fourth-order valence-corrected chi connectivity index (χ4v) is 6.35. The number of non-ortho nitro benzene ring substituents is 1. The van der Waals surface area contributed by atoms with Gasteiger partial charge in [0.05, 0.1) is 9.82 Å². The van der Waals surface area contributed by atoms with Crippen LogP contribution in [0, 0.1) is 17.0 Å². The lowest BCUT2D eigenvalue weighted by molar-refractivity contribution is -0.384. The topological polar surface area (TPSA) is 102 Å². The fourth-order valence-electron chi connectivity index (χ4n) is 5.32. The van der Waals surface area contributed by atoms with Crippen LogP contribution in [-0.4, -0.2) is 19.2 Å². The predicted molar refractivity (Wildman–Crippen MR) is 174 cm³/mol. The first-order chi connectivity index (χ1) is 21.2. The fraction of sp³-hybridized carbons (Fsp3) is 0.139. The van der Waals surface area contributed by atoms with Gasteiger partial charge in [-0.2, -0.15) is 8.42 Å². The molecule has 5 aromatic carbocycles. The van der Waals surface area contributed by atoms with Gasteiger partial charge in [-0.25, -0.2) is 0 Å². The molecule has 5 rings (SSSR count). The summed E-state index contributed by atoms with van der Waals surface area (Å²) in [5.41, 5.74) is 3.75. The number of nitrogens with one attached hydrogen (secondary N) is 1. The van der Waals surface area contributed by atoms with E-state index in [2.05, 4.69) is 16.6 Å². The van der Waals surface area contributed by atoms with Crippen molar-refractivity contribution in [2.24, 2.45) is 4.40 Å². The minimum atomic E-state index is -4.20. The molecule has 1 N–H and O–H groups in total. The summed E-state index contributed by atoms with van der Waals surface area (Å²) >= 11 is 0. The van der Waals surface area contributed by atoms with Gasteiger partial charge in [0.15, 0.2) is 0 Å². The Balaban J connectivity index is 1.85. The summed E-state index contributed by atoms with van der Waals surface area (Å²) in [6.07, 6.45) is 0.825. The molecule has 0 fully saturated rings. The van der Waals surface area contributed by atoms with Crippen LogP contribution in [0.3, 0.4) is 0 Å². The first kappa shape index (κ1) is 30.4. The van der Waals surface area contributed by atoms with Gasteiger partial charge in [-0.15, -0.1) is 4.40 Å². The molecule has 0 aliphatic carbocycles. The standard InChI is InChI=1S/C36H33N3O4S/c1-3-28-16-18-31(19-17-28)36(30-12-8-5-9-13-30,32-20-22-33(23-21-32)39(40)41)35(37-26-29-10-6-4-7-11-29)38-44(42,43)34-24-14-27(2)15-25-34/h4-25H,3,26H2,1-2H3,(H,37,38). The number of hydrogen-bond donors (Lipinski definition) is 1. The van der Waals surface area contributed by atoms with Gasteiger partial charge >= 0.3 is 0 Å². The van der Waals surface area contributed by atoms with Crippen molar-refractivity contribution in [3.05, 3.63) is 177 Å². The molecule has 0 heterocycles. The molecule has 0 bridgehead atoms. The Hall–Kier alpha value is -5.08. The minimum Gasteiger partial charge on any atom is -0.367 e. The van der Waals surface area contributed by atoms with Crippen LogP contribution in [-0.2, 0) is 28.4 Å². The number of amidine groups is 1. The maximum Gasteiger partial charge on any atom is 0.283 e. The molecule has 0 aliphatic rings. The van der Waals surface area contributed by atoms with E-state index in [-0.39, 0.29) is 23.0 Å². The summed E-state index contributed by atoms with van der Waals surface area (Å²) in [7, 11) is -4.20. The lowest BCUT2D eigenvalue weighted by atomic mass is 9.68. The summed E-state index contributed by atoms with van der Waals surface area (Å²) < 4.78 is 32.6. The Morgan fingerprint density at radius 1 is 0.727 bits per heavy atom. The summed E-state index contributed by atoms with van der Waals surface area (Å²) in [4.78, 5) is 11.2. The average molecular weight is 604 g/mol. The van der Waals surface area contributed by atoms with Gasteiger partial charge in [0.1, 0.15) is 11.3 Å². The van der Waals surface area contributed by atoms with Gasteiger partial charge in [0.2, 0.25) is 0 Å². The second-order valence-corrected chi connectivity index (χ2v) is 12.1. The van der Waals surface area contributed by atoms with Crippen LogP contribution in [0.2, 0.25) is 0 Å². The Kier molecular flexibility index (Phi) is 9.01. The van der Waals surface area contributed by atoms with E-state index in [0.29, 0.717) is 5.56 Å². The highest BCUT2D eigenvalue weighted by molar-refractivity contribution is 7.90. The molecule has 0 spiro atoms. The zero-order chi connectivity index (χ0) is 31.2. The molecule has 0 radical (unpaired) electrons. The molecule has 5 aromatic rings. The molecule has 8 heteroatoms. The molecule has 0 saturated heterocycles. The van der Waals surface area contributed by atoms with Crippen LogP contribution in [0.15, 0.2) is 143 Å². The third-order valence-electron chi connectivity index (χ3n) is 7.70. The lowest BCUT2D eigenvalue weighted by Crippen LogP contribution is -2.47. The molecule has 1 unspecified atom stereocenters. The van der Waals surface area contributed by atoms with Crippen LogP contribution in [0.4, 0.5) is 5.69 Å². The quantitative estimate of drug-likeness (QED) is 0.0590. The molecule has 1 atom stereocenters. The van der Waals surface area contributed by atoms with Crippen molar-refractivity contribution < 1.29 is 13.3 Å². The highest BCUT2D eigenvalue weighted by atomic mass is 32.2. The molecule has 0 saturated carbocycles. The molecule has 0 aromatic heterocycles. The minimum absolute atomic E-state index is 0.0640. The molecule has 0 aliphatic heterocycles. The van der Waals surface area contributed by atoms with Crippen LogP contribution in [0.5, 0.6) is 0 Å². The largest absolute Gasteiger partial charge is 0.367 e. The van der Waals surface area contributed by atoms with Crippen molar-refractivity contribution in [1.29, 1.82) is 0 Å². The highest BCUT2D eigenvalue weighted by Gasteiger charge is 2.43. The zero-order valence-electron chi connectivity index (χ0n) is 24.6. The Bertz CT molecular complexity index is 1860. The number of hydrogen-bond acceptors (Lipinski definition) is 4. The predicted octanol–water partition coefficient (Wildman–Crippen LogP) is 7.38. The normalized spacial score (nSPS) is 13.2. The van der Waals surface area contributed by atoms with Crippen molar-refractivity contribution in [3.8, 4) is 0 Å². The van der Waals surface area contributed by atoms with Gasteiger partial charge in [-0.3, -0.25) is 10.1 Å². The van der Waals surface area contributed by atoms with Gasteiger partial charge < -0.3 is 5.32 Å². The van der Waals surface area contributed by atoms with Crippen molar-refractivity contribution in [2.45, 2.75) is 37.1 Å². The van der Waals surface area contributed by atoms with Gasteiger partial charge in [-0.05, 0) is 53.3 Å². The zero-order valence-corrected chi connectivity index (χ0v) is 25.4. The monoisotopic (exact) mass is 603 g/mol. The van der Waals surface area contributed by atoms with E-state index in [9.17, 15) is 18.5 Å². The van der Waals surface area contributed by atoms with Crippen molar-refractivity contribution >= 4 is 21.5 Å². The van der Waals surface area contributed by atoms with E-state index in [1.54, 1.807) is 36.4 Å². The van der Waals surface area contributed by atoms with Crippen molar-refractivity contribution in [1.82, 2.24) is 5.32 Å². The van der Waals surface area contributed by atoms with E-state index in [1.807, 2.05) is 91.9 Å². The SMILES string of the molecule is CCc1ccc(C(C(=NS(=O)(=O)c2ccc(C)cc2)NCc2ccccc2)(c2ccccc2)c2ccc([N+](=O)[O-])cc2)cc1. The number of sulfonamides is 1. The summed E-state index contributed by atoms with van der Waals surface area (Å²) in [6.45, 7) is 4.25. The first-order valence-electron chi connectivity index (χ1n) is 14.3.